The van der Waals surface area contributed by atoms with Crippen LogP contribution in [0.15, 0.2) is 0 Å². The minimum absolute atomic E-state index is 0.0150. The number of ketones is 1. The van der Waals surface area contributed by atoms with Crippen molar-refractivity contribution in [3.63, 3.8) is 0 Å². The zero-order valence-electron chi connectivity index (χ0n) is 10.7. The van der Waals surface area contributed by atoms with Crippen LogP contribution in [0.5, 0.6) is 0 Å². The number of carbonyl (C=O) groups is 1. The molecule has 5 heteroatoms. The Kier molecular flexibility index (Phi) is 3.22. The molecule has 1 saturated heterocycles. The lowest BCUT2D eigenvalue weighted by Gasteiger charge is -2.37. The zero-order chi connectivity index (χ0) is 12.8. The number of hydrogen-bond acceptors (Lipinski definition) is 3. The molecule has 0 aromatic rings. The van der Waals surface area contributed by atoms with Crippen LogP contribution in [0.4, 0.5) is 0 Å². The van der Waals surface area contributed by atoms with E-state index >= 15 is 0 Å². The molecule has 0 radical (unpaired) electrons. The van der Waals surface area contributed by atoms with Gasteiger partial charge in [0, 0.05) is 24.9 Å². The van der Waals surface area contributed by atoms with Crippen molar-refractivity contribution in [1.82, 2.24) is 4.31 Å². The van der Waals surface area contributed by atoms with Gasteiger partial charge >= 0.3 is 0 Å². The van der Waals surface area contributed by atoms with Crippen LogP contribution in [0.2, 0.25) is 0 Å². The molecule has 0 N–H and O–H groups in total. The van der Waals surface area contributed by atoms with Gasteiger partial charge in [-0.1, -0.05) is 6.42 Å². The third kappa shape index (κ3) is 2.11. The molecule has 4 nitrogen and oxygen atoms in total. The van der Waals surface area contributed by atoms with Gasteiger partial charge in [0.1, 0.15) is 5.78 Å². The number of nitrogens with zero attached hydrogens (tertiary/aromatic N) is 1. The quantitative estimate of drug-likeness (QED) is 0.785. The number of Topliss-reactive ketones (excluding diaryl/α,β-unsaturated/α-hetero) is 1. The molecule has 3 rings (SSSR count). The fourth-order valence-electron chi connectivity index (χ4n) is 3.46. The Labute approximate surface area is 109 Å². The second-order valence-corrected chi connectivity index (χ2v) is 8.05. The Bertz CT molecular complexity index is 441. The number of carbonyl (C=O) groups excluding carboxylic acids is 1. The predicted octanol–water partition coefficient (Wildman–Crippen LogP) is 1.70. The van der Waals surface area contributed by atoms with Crippen molar-refractivity contribution in [1.29, 1.82) is 0 Å². The number of piperidine rings is 1. The number of hydrogen-bond donors (Lipinski definition) is 0. The lowest BCUT2D eigenvalue weighted by atomic mass is 9.90. The van der Waals surface area contributed by atoms with Crippen molar-refractivity contribution in [2.75, 3.05) is 6.54 Å². The first-order valence-corrected chi connectivity index (χ1v) is 8.64. The van der Waals surface area contributed by atoms with Gasteiger partial charge in [0.25, 0.3) is 0 Å². The van der Waals surface area contributed by atoms with Crippen molar-refractivity contribution in [2.24, 2.45) is 5.92 Å². The summed E-state index contributed by atoms with van der Waals surface area (Å²) in [6.45, 7) is 0.632. The Morgan fingerprint density at radius 2 is 1.78 bits per heavy atom. The monoisotopic (exact) mass is 271 g/mol. The summed E-state index contributed by atoms with van der Waals surface area (Å²) in [7, 11) is -3.12. The summed E-state index contributed by atoms with van der Waals surface area (Å²) in [6, 6.07) is -0.0284. The fourth-order valence-corrected chi connectivity index (χ4v) is 5.58. The molecule has 2 atom stereocenters. The molecule has 0 aromatic carbocycles. The molecule has 2 aliphatic carbocycles. The molecule has 1 aliphatic heterocycles. The number of rotatable bonds is 3. The van der Waals surface area contributed by atoms with Crippen molar-refractivity contribution in [3.05, 3.63) is 0 Å². The SMILES string of the molecule is O=C1CCCC1C1CCCCN1S(=O)(=O)C1CC1. The average Bonchev–Trinajstić information content (AvgIpc) is 3.13. The second kappa shape index (κ2) is 4.60. The molecule has 3 fully saturated rings. The Balaban J connectivity index is 1.83. The molecular formula is C13H21NO3S. The van der Waals surface area contributed by atoms with Crippen LogP contribution in [0, 0.1) is 5.92 Å². The lowest BCUT2D eigenvalue weighted by Crippen LogP contribution is -2.49. The molecule has 18 heavy (non-hydrogen) atoms. The standard InChI is InChI=1S/C13H21NO3S/c15-13-6-3-4-11(13)12-5-1-2-9-14(12)18(16,17)10-7-8-10/h10-12H,1-9H2. The van der Waals surface area contributed by atoms with Gasteiger partial charge in [0.05, 0.1) is 5.25 Å². The molecule has 102 valence electrons. The van der Waals surface area contributed by atoms with Crippen LogP contribution in [-0.2, 0) is 14.8 Å². The molecule has 2 saturated carbocycles. The van der Waals surface area contributed by atoms with Crippen molar-refractivity contribution < 1.29 is 13.2 Å². The second-order valence-electron chi connectivity index (χ2n) is 5.88. The van der Waals surface area contributed by atoms with E-state index in [0.717, 1.165) is 44.9 Å². The van der Waals surface area contributed by atoms with Crippen LogP contribution in [0.3, 0.4) is 0 Å². The first-order valence-electron chi connectivity index (χ1n) is 7.14. The van der Waals surface area contributed by atoms with Gasteiger partial charge < -0.3 is 0 Å². The van der Waals surface area contributed by atoms with E-state index in [1.807, 2.05) is 0 Å². The van der Waals surface area contributed by atoms with Gasteiger partial charge in [0.15, 0.2) is 0 Å². The van der Waals surface area contributed by atoms with Gasteiger partial charge in [0.2, 0.25) is 10.0 Å². The molecule has 0 spiro atoms. The summed E-state index contributed by atoms with van der Waals surface area (Å²) >= 11 is 0. The molecule has 0 aromatic heterocycles. The van der Waals surface area contributed by atoms with Gasteiger partial charge in [-0.3, -0.25) is 4.79 Å². The van der Waals surface area contributed by atoms with E-state index < -0.39 is 10.0 Å². The van der Waals surface area contributed by atoms with Crippen LogP contribution in [-0.4, -0.2) is 36.3 Å². The molecule has 3 aliphatic rings. The summed E-state index contributed by atoms with van der Waals surface area (Å²) < 4.78 is 26.6. The van der Waals surface area contributed by atoms with Crippen LogP contribution in [0.25, 0.3) is 0 Å². The zero-order valence-corrected chi connectivity index (χ0v) is 11.5. The Morgan fingerprint density at radius 3 is 2.39 bits per heavy atom. The van der Waals surface area contributed by atoms with Gasteiger partial charge in [-0.25, -0.2) is 8.42 Å². The minimum Gasteiger partial charge on any atom is -0.299 e. The maximum atomic E-state index is 12.4. The highest BCUT2D eigenvalue weighted by Crippen LogP contribution is 2.38. The van der Waals surface area contributed by atoms with Crippen molar-refractivity contribution >= 4 is 15.8 Å². The van der Waals surface area contributed by atoms with Crippen LogP contribution in [0.1, 0.15) is 51.4 Å². The average molecular weight is 271 g/mol. The Hall–Kier alpha value is -0.420. The Morgan fingerprint density at radius 1 is 1.00 bits per heavy atom. The normalized spacial score (nSPS) is 35.0. The highest BCUT2D eigenvalue weighted by Gasteiger charge is 2.47. The van der Waals surface area contributed by atoms with Crippen molar-refractivity contribution in [2.45, 2.75) is 62.7 Å². The largest absolute Gasteiger partial charge is 0.299 e. The summed E-state index contributed by atoms with van der Waals surface area (Å²) in [5, 5.41) is -0.144. The smallest absolute Gasteiger partial charge is 0.217 e. The number of sulfonamides is 1. The summed E-state index contributed by atoms with van der Waals surface area (Å²) in [4.78, 5) is 11.9. The van der Waals surface area contributed by atoms with E-state index in [2.05, 4.69) is 0 Å². The van der Waals surface area contributed by atoms with Crippen molar-refractivity contribution in [3.8, 4) is 0 Å². The van der Waals surface area contributed by atoms with Crippen LogP contribution >= 0.6 is 0 Å². The van der Waals surface area contributed by atoms with Crippen LogP contribution < -0.4 is 0 Å². The van der Waals surface area contributed by atoms with E-state index in [4.69, 9.17) is 0 Å². The highest BCUT2D eigenvalue weighted by molar-refractivity contribution is 7.90. The molecule has 0 amide bonds. The fraction of sp³-hybridized carbons (Fsp3) is 0.923. The third-order valence-electron chi connectivity index (χ3n) is 4.59. The summed E-state index contributed by atoms with van der Waals surface area (Å²) in [5.41, 5.74) is 0. The maximum absolute atomic E-state index is 12.4. The summed E-state index contributed by atoms with van der Waals surface area (Å²) in [5.74, 6) is 0.275. The van der Waals surface area contributed by atoms with Gasteiger partial charge in [-0.05, 0) is 38.5 Å². The molecule has 1 heterocycles. The molecule has 0 bridgehead atoms. The van der Waals surface area contributed by atoms with Gasteiger partial charge in [-0.15, -0.1) is 0 Å². The lowest BCUT2D eigenvalue weighted by molar-refractivity contribution is -0.122. The predicted molar refractivity (Wildman–Crippen MR) is 68.6 cm³/mol. The highest BCUT2D eigenvalue weighted by atomic mass is 32.2. The van der Waals surface area contributed by atoms with E-state index in [1.165, 1.54) is 0 Å². The van der Waals surface area contributed by atoms with E-state index in [9.17, 15) is 13.2 Å². The van der Waals surface area contributed by atoms with E-state index in [-0.39, 0.29) is 23.0 Å². The molecule has 2 unspecified atom stereocenters. The third-order valence-corrected chi connectivity index (χ3v) is 7.01. The minimum atomic E-state index is -3.12. The first-order chi connectivity index (χ1) is 8.60. The van der Waals surface area contributed by atoms with E-state index in [1.54, 1.807) is 4.31 Å². The summed E-state index contributed by atoms with van der Waals surface area (Å²) in [6.07, 6.45) is 6.99. The topological polar surface area (TPSA) is 54.5 Å². The van der Waals surface area contributed by atoms with E-state index in [0.29, 0.717) is 13.0 Å². The first kappa shape index (κ1) is 12.6. The van der Waals surface area contributed by atoms with Gasteiger partial charge in [-0.2, -0.15) is 4.31 Å². The molecular weight excluding hydrogens is 250 g/mol. The maximum Gasteiger partial charge on any atom is 0.217 e.